The summed E-state index contributed by atoms with van der Waals surface area (Å²) in [5.41, 5.74) is -0.0539. The molecule has 2 heterocycles. The molecule has 0 radical (unpaired) electrons. The molecule has 0 spiro atoms. The lowest BCUT2D eigenvalue weighted by molar-refractivity contribution is -0.122. The number of carbonyl (C=O) groups excluding carboxylic acids is 3. The highest BCUT2D eigenvalue weighted by molar-refractivity contribution is 7.89. The van der Waals surface area contributed by atoms with Gasteiger partial charge < -0.3 is 15.0 Å². The number of ether oxygens (including phenoxy) is 1. The second kappa shape index (κ2) is 7.67. The maximum absolute atomic E-state index is 12.9. The van der Waals surface area contributed by atoms with Crippen LogP contribution in [0.2, 0.25) is 0 Å². The minimum absolute atomic E-state index is 0.0828. The SMILES string of the molecule is COc1ccc2c(c1)C(=O)N(C[C@@]1(C#Cc3ccc(S(N)(=O)=O)cc3)NC(=O)NC1=O)C2. The van der Waals surface area contributed by atoms with Crippen molar-refractivity contribution in [1.82, 2.24) is 15.5 Å². The molecule has 11 heteroatoms. The summed E-state index contributed by atoms with van der Waals surface area (Å²) in [6.07, 6.45) is 0. The lowest BCUT2D eigenvalue weighted by Crippen LogP contribution is -2.54. The molecule has 10 nitrogen and oxygen atoms in total. The molecule has 4 rings (SSSR count). The number of nitrogens with one attached hydrogen (secondary N) is 2. The lowest BCUT2D eigenvalue weighted by atomic mass is 9.99. The molecule has 1 atom stereocenters. The van der Waals surface area contributed by atoms with Crippen LogP contribution in [0.3, 0.4) is 0 Å². The molecule has 2 aliphatic heterocycles. The first-order valence-electron chi connectivity index (χ1n) is 9.37. The number of hydrogen-bond acceptors (Lipinski definition) is 6. The number of nitrogens with two attached hydrogens (primary N) is 1. The van der Waals surface area contributed by atoms with Crippen LogP contribution in [0.5, 0.6) is 5.75 Å². The van der Waals surface area contributed by atoms with E-state index in [0.29, 0.717) is 16.9 Å². The van der Waals surface area contributed by atoms with Crippen molar-refractivity contribution < 1.29 is 27.5 Å². The van der Waals surface area contributed by atoms with Gasteiger partial charge >= 0.3 is 6.03 Å². The lowest BCUT2D eigenvalue weighted by Gasteiger charge is -2.26. The summed E-state index contributed by atoms with van der Waals surface area (Å²) < 4.78 is 28.0. The Hall–Kier alpha value is -3.88. The highest BCUT2D eigenvalue weighted by atomic mass is 32.2. The fourth-order valence-corrected chi connectivity index (χ4v) is 4.03. The third-order valence-corrected chi connectivity index (χ3v) is 6.10. The van der Waals surface area contributed by atoms with Gasteiger partial charge in [-0.1, -0.05) is 17.9 Å². The number of nitrogens with zero attached hydrogens (tertiary/aromatic N) is 1. The van der Waals surface area contributed by atoms with E-state index in [1.807, 2.05) is 0 Å². The van der Waals surface area contributed by atoms with E-state index in [0.717, 1.165) is 5.56 Å². The molecule has 32 heavy (non-hydrogen) atoms. The molecule has 0 unspecified atom stereocenters. The number of methoxy groups -OCH3 is 1. The van der Waals surface area contributed by atoms with Crippen molar-refractivity contribution in [2.24, 2.45) is 5.14 Å². The van der Waals surface area contributed by atoms with Gasteiger partial charge in [0.05, 0.1) is 18.6 Å². The Morgan fingerprint density at radius 3 is 2.47 bits per heavy atom. The molecule has 0 bridgehead atoms. The fourth-order valence-electron chi connectivity index (χ4n) is 3.52. The molecular weight excluding hydrogens is 436 g/mol. The Morgan fingerprint density at radius 1 is 1.16 bits per heavy atom. The van der Waals surface area contributed by atoms with Gasteiger partial charge in [0.25, 0.3) is 11.8 Å². The molecule has 1 fully saturated rings. The molecule has 164 valence electrons. The molecule has 0 aromatic heterocycles. The van der Waals surface area contributed by atoms with Gasteiger partial charge in [-0.05, 0) is 42.0 Å². The Bertz CT molecular complexity index is 1310. The molecule has 2 aromatic rings. The largest absolute Gasteiger partial charge is 0.497 e. The maximum Gasteiger partial charge on any atom is 0.323 e. The highest BCUT2D eigenvalue weighted by Crippen LogP contribution is 2.28. The summed E-state index contributed by atoms with van der Waals surface area (Å²) in [7, 11) is -2.36. The summed E-state index contributed by atoms with van der Waals surface area (Å²) in [5, 5.41) is 9.75. The second-order valence-electron chi connectivity index (χ2n) is 7.32. The minimum atomic E-state index is -3.85. The van der Waals surface area contributed by atoms with Crippen LogP contribution in [-0.2, 0) is 21.4 Å². The molecular formula is C21H18N4O6S. The average Bonchev–Trinajstić information content (AvgIpc) is 3.21. The Morgan fingerprint density at radius 2 is 1.88 bits per heavy atom. The van der Waals surface area contributed by atoms with Gasteiger partial charge in [-0.3, -0.25) is 14.9 Å². The van der Waals surface area contributed by atoms with Gasteiger partial charge in [0.1, 0.15) is 5.75 Å². The summed E-state index contributed by atoms with van der Waals surface area (Å²) in [4.78, 5) is 38.8. The predicted molar refractivity (Wildman–Crippen MR) is 112 cm³/mol. The monoisotopic (exact) mass is 454 g/mol. The summed E-state index contributed by atoms with van der Waals surface area (Å²) in [6.45, 7) is 0.0659. The molecule has 2 aliphatic rings. The van der Waals surface area contributed by atoms with Crippen LogP contribution in [0, 0.1) is 11.8 Å². The molecule has 1 saturated heterocycles. The van der Waals surface area contributed by atoms with E-state index in [2.05, 4.69) is 22.5 Å². The van der Waals surface area contributed by atoms with Crippen molar-refractivity contribution in [3.05, 3.63) is 59.2 Å². The van der Waals surface area contributed by atoms with E-state index < -0.39 is 27.5 Å². The van der Waals surface area contributed by atoms with E-state index in [1.165, 1.54) is 36.3 Å². The first kappa shape index (κ1) is 21.4. The van der Waals surface area contributed by atoms with Crippen molar-refractivity contribution in [3.8, 4) is 17.6 Å². The van der Waals surface area contributed by atoms with Crippen LogP contribution < -0.4 is 20.5 Å². The number of carbonyl (C=O) groups is 3. The average molecular weight is 454 g/mol. The maximum atomic E-state index is 12.9. The zero-order valence-corrected chi connectivity index (χ0v) is 17.7. The van der Waals surface area contributed by atoms with E-state index >= 15 is 0 Å². The Kier molecular flexibility index (Phi) is 5.12. The second-order valence-corrected chi connectivity index (χ2v) is 8.88. The molecule has 2 aromatic carbocycles. The highest BCUT2D eigenvalue weighted by Gasteiger charge is 2.48. The third-order valence-electron chi connectivity index (χ3n) is 5.17. The van der Waals surface area contributed by atoms with Crippen molar-refractivity contribution in [2.45, 2.75) is 17.0 Å². The molecule has 0 aliphatic carbocycles. The van der Waals surface area contributed by atoms with Gasteiger partial charge in [0, 0.05) is 17.7 Å². The summed E-state index contributed by atoms with van der Waals surface area (Å²) in [5.74, 6) is 5.05. The number of urea groups is 1. The standard InChI is InChI=1S/C21H18N4O6S/c1-31-15-5-4-14-11-25(18(26)17(14)10-15)12-21(19(27)23-20(28)24-21)9-8-13-2-6-16(7-3-13)32(22,29)30/h2-7,10H,11-12H2,1H3,(H2,22,29,30)(H2,23,24,27,28)/t21-/m1/s1. The molecule has 4 amide bonds. The van der Waals surface area contributed by atoms with Crippen molar-refractivity contribution in [1.29, 1.82) is 0 Å². The van der Waals surface area contributed by atoms with E-state index in [9.17, 15) is 22.8 Å². The normalized spacial score (nSPS) is 19.7. The number of primary sulfonamides is 1. The zero-order valence-electron chi connectivity index (χ0n) is 16.8. The summed E-state index contributed by atoms with van der Waals surface area (Å²) in [6, 6.07) is 9.83. The number of imide groups is 1. The van der Waals surface area contributed by atoms with Crippen LogP contribution in [0.4, 0.5) is 4.79 Å². The number of sulfonamides is 1. The minimum Gasteiger partial charge on any atom is -0.497 e. The van der Waals surface area contributed by atoms with Crippen LogP contribution in [-0.4, -0.2) is 50.4 Å². The van der Waals surface area contributed by atoms with Crippen molar-refractivity contribution in [3.63, 3.8) is 0 Å². The van der Waals surface area contributed by atoms with Gasteiger partial charge in [0.15, 0.2) is 0 Å². The zero-order chi connectivity index (χ0) is 23.1. The van der Waals surface area contributed by atoms with Crippen LogP contribution >= 0.6 is 0 Å². The fraction of sp³-hybridized carbons (Fsp3) is 0.190. The first-order valence-corrected chi connectivity index (χ1v) is 10.9. The molecule has 4 N–H and O–H groups in total. The number of rotatable bonds is 4. The topological polar surface area (TPSA) is 148 Å². The number of hydrogen-bond donors (Lipinski definition) is 3. The van der Waals surface area contributed by atoms with Crippen LogP contribution in [0.15, 0.2) is 47.4 Å². The number of fused-ring (bicyclic) bond motifs is 1. The van der Waals surface area contributed by atoms with Gasteiger partial charge in [-0.25, -0.2) is 18.4 Å². The Balaban J connectivity index is 1.63. The van der Waals surface area contributed by atoms with E-state index in [-0.39, 0.29) is 23.9 Å². The van der Waals surface area contributed by atoms with Gasteiger partial charge in [-0.2, -0.15) is 0 Å². The van der Waals surface area contributed by atoms with Gasteiger partial charge in [-0.15, -0.1) is 0 Å². The first-order chi connectivity index (χ1) is 15.1. The van der Waals surface area contributed by atoms with Gasteiger partial charge in [0.2, 0.25) is 15.6 Å². The smallest absolute Gasteiger partial charge is 0.323 e. The van der Waals surface area contributed by atoms with E-state index in [4.69, 9.17) is 9.88 Å². The summed E-state index contributed by atoms with van der Waals surface area (Å²) >= 11 is 0. The number of benzene rings is 2. The quantitative estimate of drug-likeness (QED) is 0.435. The van der Waals surface area contributed by atoms with Crippen LogP contribution in [0.1, 0.15) is 21.5 Å². The number of amides is 4. The Labute approximate surface area is 183 Å². The van der Waals surface area contributed by atoms with Crippen LogP contribution in [0.25, 0.3) is 0 Å². The predicted octanol–water partition coefficient (Wildman–Crippen LogP) is -0.0717. The van der Waals surface area contributed by atoms with E-state index in [1.54, 1.807) is 18.2 Å². The molecule has 0 saturated carbocycles. The van der Waals surface area contributed by atoms with Crippen molar-refractivity contribution in [2.75, 3.05) is 13.7 Å². The van der Waals surface area contributed by atoms with Crippen molar-refractivity contribution >= 4 is 27.9 Å². The third kappa shape index (κ3) is 3.89.